The summed E-state index contributed by atoms with van der Waals surface area (Å²) in [6, 6.07) is 0. The van der Waals surface area contributed by atoms with Gasteiger partial charge in [0.15, 0.2) is 12.2 Å². The molecule has 0 bridgehead atoms. The van der Waals surface area contributed by atoms with E-state index in [0.29, 0.717) is 25.7 Å². The molecule has 0 spiro atoms. The van der Waals surface area contributed by atoms with Gasteiger partial charge in [-0.3, -0.25) is 37.3 Å². The van der Waals surface area contributed by atoms with Gasteiger partial charge >= 0.3 is 39.5 Å². The average molecular weight is 1420 g/mol. The molecule has 0 aromatic rings. The van der Waals surface area contributed by atoms with Crippen LogP contribution in [0.2, 0.25) is 0 Å². The molecular weight excluding hydrogens is 1270 g/mol. The Kier molecular flexibility index (Phi) is 67.1. The monoisotopic (exact) mass is 1420 g/mol. The van der Waals surface area contributed by atoms with Gasteiger partial charge in [-0.25, -0.2) is 9.13 Å². The number of phosphoric acid groups is 2. The molecule has 0 aromatic carbocycles. The van der Waals surface area contributed by atoms with E-state index in [1.54, 1.807) is 0 Å². The SMILES string of the molecule is CCCCCCCCCCCCCCCCCCCC(=O)OC[C@H](COP(=O)(O)OC[C@@H](O)COP(=O)(O)OC[C@@H](COC(=O)CCCCCCCCC(C)CC)OC(=O)CCCCCCCCCCC(C)CC)OC(=O)CCCCCCCCCCCCCCCCC(C)CC. The molecule has 0 aliphatic heterocycles. The predicted molar refractivity (Wildman–Crippen MR) is 395 cm³/mol. The Bertz CT molecular complexity index is 1890. The van der Waals surface area contributed by atoms with E-state index in [1.807, 2.05) is 0 Å². The van der Waals surface area contributed by atoms with E-state index in [1.165, 1.54) is 205 Å². The van der Waals surface area contributed by atoms with Gasteiger partial charge in [-0.05, 0) is 43.4 Å². The number of hydrogen-bond acceptors (Lipinski definition) is 15. The summed E-state index contributed by atoms with van der Waals surface area (Å²) in [5.41, 5.74) is 0. The molecule has 0 heterocycles. The number of esters is 4. The lowest BCUT2D eigenvalue weighted by Crippen LogP contribution is -2.30. The Hall–Kier alpha value is -1.94. The van der Waals surface area contributed by atoms with Crippen LogP contribution in [0.4, 0.5) is 0 Å². The molecule has 0 radical (unpaired) electrons. The fraction of sp³-hybridized carbons (Fsp3) is 0.949. The quantitative estimate of drug-likeness (QED) is 0.0222. The maximum absolute atomic E-state index is 13.1. The lowest BCUT2D eigenvalue weighted by Gasteiger charge is -2.21. The molecule has 0 aromatic heterocycles. The number of carbonyl (C=O) groups is 4. The van der Waals surface area contributed by atoms with Crippen LogP contribution in [0, 0.1) is 17.8 Å². The van der Waals surface area contributed by atoms with Crippen molar-refractivity contribution in [2.45, 2.75) is 420 Å². The van der Waals surface area contributed by atoms with E-state index in [-0.39, 0.29) is 25.7 Å². The third-order valence-corrected chi connectivity index (χ3v) is 21.1. The number of carbonyl (C=O) groups excluding carboxylic acids is 4. The van der Waals surface area contributed by atoms with Crippen molar-refractivity contribution < 1.29 is 80.2 Å². The molecule has 0 saturated heterocycles. The van der Waals surface area contributed by atoms with Gasteiger partial charge < -0.3 is 33.8 Å². The molecule has 576 valence electrons. The minimum absolute atomic E-state index is 0.104. The van der Waals surface area contributed by atoms with E-state index in [2.05, 4.69) is 48.5 Å². The zero-order valence-corrected chi connectivity index (χ0v) is 65.3. The zero-order chi connectivity index (χ0) is 71.6. The summed E-state index contributed by atoms with van der Waals surface area (Å²) in [5.74, 6) is 0.229. The number of ether oxygens (including phenoxy) is 4. The summed E-state index contributed by atoms with van der Waals surface area (Å²) >= 11 is 0. The van der Waals surface area contributed by atoms with Crippen molar-refractivity contribution in [2.75, 3.05) is 39.6 Å². The molecule has 0 aliphatic carbocycles. The molecular formula is C78H152O17P2. The maximum atomic E-state index is 13.1. The molecule has 5 unspecified atom stereocenters. The Labute approximate surface area is 594 Å². The minimum atomic E-state index is -4.96. The second-order valence-corrected chi connectivity index (χ2v) is 31.7. The zero-order valence-electron chi connectivity index (χ0n) is 63.5. The smallest absolute Gasteiger partial charge is 0.462 e. The number of unbranched alkanes of at least 4 members (excludes halogenated alkanes) is 41. The van der Waals surface area contributed by atoms with Gasteiger partial charge in [0, 0.05) is 25.7 Å². The van der Waals surface area contributed by atoms with Crippen molar-refractivity contribution in [2.24, 2.45) is 17.8 Å². The van der Waals surface area contributed by atoms with E-state index in [0.717, 1.165) is 114 Å². The molecule has 0 fully saturated rings. The normalized spacial score (nSPS) is 14.9. The molecule has 8 atom stereocenters. The Morgan fingerprint density at radius 1 is 0.289 bits per heavy atom. The number of rotatable bonds is 76. The predicted octanol–water partition coefficient (Wildman–Crippen LogP) is 23.0. The molecule has 0 saturated carbocycles. The highest BCUT2D eigenvalue weighted by atomic mass is 31.2. The second-order valence-electron chi connectivity index (χ2n) is 28.8. The van der Waals surface area contributed by atoms with Gasteiger partial charge in [0.25, 0.3) is 0 Å². The van der Waals surface area contributed by atoms with Crippen LogP contribution in [0.5, 0.6) is 0 Å². The average Bonchev–Trinajstić information content (AvgIpc) is 1.000. The molecule has 3 N–H and O–H groups in total. The Balaban J connectivity index is 5.25. The lowest BCUT2D eigenvalue weighted by atomic mass is 9.99. The minimum Gasteiger partial charge on any atom is -0.462 e. The Morgan fingerprint density at radius 2 is 0.495 bits per heavy atom. The lowest BCUT2D eigenvalue weighted by molar-refractivity contribution is -0.161. The van der Waals surface area contributed by atoms with Crippen LogP contribution in [0.25, 0.3) is 0 Å². The van der Waals surface area contributed by atoms with Crippen LogP contribution in [-0.4, -0.2) is 96.7 Å². The number of aliphatic hydroxyl groups excluding tert-OH is 1. The fourth-order valence-corrected chi connectivity index (χ4v) is 13.4. The molecule has 19 heteroatoms. The van der Waals surface area contributed by atoms with Gasteiger partial charge in [0.1, 0.15) is 19.3 Å². The summed E-state index contributed by atoms with van der Waals surface area (Å²) in [6.45, 7) is 11.9. The highest BCUT2D eigenvalue weighted by molar-refractivity contribution is 7.47. The van der Waals surface area contributed by atoms with Crippen molar-refractivity contribution in [3.8, 4) is 0 Å². The van der Waals surface area contributed by atoms with E-state index in [9.17, 15) is 43.2 Å². The first-order valence-electron chi connectivity index (χ1n) is 40.5. The summed E-state index contributed by atoms with van der Waals surface area (Å²) in [5, 5.41) is 10.6. The largest absolute Gasteiger partial charge is 0.472 e. The van der Waals surface area contributed by atoms with Crippen molar-refractivity contribution in [3.63, 3.8) is 0 Å². The van der Waals surface area contributed by atoms with Gasteiger partial charge in [0.05, 0.1) is 26.4 Å². The number of aliphatic hydroxyl groups is 1. The third kappa shape index (κ3) is 68.3. The van der Waals surface area contributed by atoms with E-state index < -0.39 is 97.5 Å². The first-order chi connectivity index (χ1) is 46.8. The fourth-order valence-electron chi connectivity index (χ4n) is 11.9. The molecule has 0 aliphatic rings. The Morgan fingerprint density at radius 3 is 0.732 bits per heavy atom. The third-order valence-electron chi connectivity index (χ3n) is 19.2. The van der Waals surface area contributed by atoms with Gasteiger partial charge in [0.2, 0.25) is 0 Å². The second kappa shape index (κ2) is 68.5. The molecule has 0 rings (SSSR count). The maximum Gasteiger partial charge on any atom is 0.472 e. The van der Waals surface area contributed by atoms with Gasteiger partial charge in [-0.15, -0.1) is 0 Å². The van der Waals surface area contributed by atoms with Crippen LogP contribution >= 0.6 is 15.6 Å². The summed E-state index contributed by atoms with van der Waals surface area (Å²) in [6.07, 6.45) is 55.4. The number of phosphoric ester groups is 2. The van der Waals surface area contributed by atoms with Crippen molar-refractivity contribution >= 4 is 39.5 Å². The van der Waals surface area contributed by atoms with Crippen LogP contribution in [0.1, 0.15) is 402 Å². The summed E-state index contributed by atoms with van der Waals surface area (Å²) in [7, 11) is -9.92. The van der Waals surface area contributed by atoms with Crippen LogP contribution < -0.4 is 0 Å². The van der Waals surface area contributed by atoms with E-state index >= 15 is 0 Å². The van der Waals surface area contributed by atoms with E-state index in [4.69, 9.17) is 37.0 Å². The first-order valence-corrected chi connectivity index (χ1v) is 43.5. The van der Waals surface area contributed by atoms with Gasteiger partial charge in [-0.2, -0.15) is 0 Å². The molecule has 97 heavy (non-hydrogen) atoms. The molecule has 17 nitrogen and oxygen atoms in total. The molecule has 0 amide bonds. The highest BCUT2D eigenvalue weighted by Gasteiger charge is 2.30. The standard InChI is InChI=1S/C78H152O17P2/c1-8-12-13-14-15-16-17-18-19-20-21-25-28-31-37-45-52-59-75(80)88-65-73(94-77(82)61-54-47-38-32-29-26-23-22-24-27-30-35-42-49-56-69(5)9-2)67-92-96(84,85)90-63-72(79)64-91-97(86,87)93-68-74(66-89-76(81)60-53-46-41-40-44-51-58-71(7)11-4)95-78(83)62-55-48-39-34-33-36-43-50-57-70(6)10-3/h69-74,79H,8-68H2,1-7H3,(H,84,85)(H,86,87)/t69?,70?,71?,72-,73-,74-/m1/s1. The van der Waals surface area contributed by atoms with Crippen LogP contribution in [-0.2, 0) is 65.4 Å². The van der Waals surface area contributed by atoms with Gasteiger partial charge in [-0.1, -0.05) is 350 Å². The van der Waals surface area contributed by atoms with Crippen LogP contribution in [0.15, 0.2) is 0 Å². The first kappa shape index (κ1) is 95.1. The van der Waals surface area contributed by atoms with Crippen molar-refractivity contribution in [1.29, 1.82) is 0 Å². The van der Waals surface area contributed by atoms with Crippen molar-refractivity contribution in [3.05, 3.63) is 0 Å². The van der Waals surface area contributed by atoms with Crippen molar-refractivity contribution in [1.82, 2.24) is 0 Å². The summed E-state index contributed by atoms with van der Waals surface area (Å²) in [4.78, 5) is 72.9. The highest BCUT2D eigenvalue weighted by Crippen LogP contribution is 2.45. The topological polar surface area (TPSA) is 237 Å². The van der Waals surface area contributed by atoms with Crippen LogP contribution in [0.3, 0.4) is 0 Å². The number of hydrogen-bond donors (Lipinski definition) is 3. The summed E-state index contributed by atoms with van der Waals surface area (Å²) < 4.78 is 68.6.